The molecule has 1 aromatic carbocycles. The average molecular weight is 223 g/mol. The van der Waals surface area contributed by atoms with Crippen LogP contribution in [-0.4, -0.2) is 16.4 Å². The van der Waals surface area contributed by atoms with Gasteiger partial charge in [0.2, 0.25) is 0 Å². The Bertz CT molecular complexity index is 493. The van der Waals surface area contributed by atoms with Crippen LogP contribution in [0, 0.1) is 6.07 Å². The van der Waals surface area contributed by atoms with Crippen molar-refractivity contribution in [2.24, 2.45) is 0 Å². The van der Waals surface area contributed by atoms with E-state index >= 15 is 0 Å². The SMILES string of the molecule is [c]1ccc2c(c1)CN(Cc1cccnc1)CC2. The highest BCUT2D eigenvalue weighted by Gasteiger charge is 2.15. The molecule has 0 bridgehead atoms. The number of hydrogen-bond acceptors (Lipinski definition) is 2. The van der Waals surface area contributed by atoms with Crippen molar-refractivity contribution >= 4 is 0 Å². The molecule has 0 spiro atoms. The fraction of sp³-hybridized carbons (Fsp3) is 0.267. The Morgan fingerprint density at radius 1 is 1.29 bits per heavy atom. The van der Waals surface area contributed by atoms with E-state index < -0.39 is 0 Å². The molecule has 2 heteroatoms. The Balaban J connectivity index is 1.72. The van der Waals surface area contributed by atoms with Gasteiger partial charge in [0.25, 0.3) is 0 Å². The van der Waals surface area contributed by atoms with E-state index in [2.05, 4.69) is 34.1 Å². The Labute approximate surface area is 102 Å². The lowest BCUT2D eigenvalue weighted by Gasteiger charge is -2.28. The van der Waals surface area contributed by atoms with Gasteiger partial charge in [0.05, 0.1) is 0 Å². The smallest absolute Gasteiger partial charge is 0.0312 e. The predicted molar refractivity (Wildman–Crippen MR) is 67.3 cm³/mol. The summed E-state index contributed by atoms with van der Waals surface area (Å²) in [6, 6.07) is 13.6. The predicted octanol–water partition coefficient (Wildman–Crippen LogP) is 2.44. The molecule has 0 N–H and O–H groups in total. The van der Waals surface area contributed by atoms with Crippen LogP contribution < -0.4 is 0 Å². The van der Waals surface area contributed by atoms with Crippen molar-refractivity contribution in [2.75, 3.05) is 6.54 Å². The third-order valence-electron chi connectivity index (χ3n) is 3.27. The van der Waals surface area contributed by atoms with E-state index in [1.807, 2.05) is 24.5 Å². The topological polar surface area (TPSA) is 16.1 Å². The molecule has 0 atom stereocenters. The van der Waals surface area contributed by atoms with Gasteiger partial charge in [0, 0.05) is 32.0 Å². The van der Waals surface area contributed by atoms with Crippen LogP contribution >= 0.6 is 0 Å². The van der Waals surface area contributed by atoms with Crippen molar-refractivity contribution in [1.29, 1.82) is 0 Å². The van der Waals surface area contributed by atoms with Gasteiger partial charge in [-0.05, 0) is 41.3 Å². The largest absolute Gasteiger partial charge is 0.294 e. The molecule has 0 unspecified atom stereocenters. The monoisotopic (exact) mass is 223 g/mol. The number of benzene rings is 1. The third kappa shape index (κ3) is 2.37. The van der Waals surface area contributed by atoms with Crippen molar-refractivity contribution in [3.63, 3.8) is 0 Å². The highest BCUT2D eigenvalue weighted by Crippen LogP contribution is 2.19. The molecule has 1 radical (unpaired) electrons. The van der Waals surface area contributed by atoms with E-state index in [9.17, 15) is 0 Å². The van der Waals surface area contributed by atoms with Crippen molar-refractivity contribution in [2.45, 2.75) is 19.5 Å². The second-order valence-corrected chi connectivity index (χ2v) is 4.52. The van der Waals surface area contributed by atoms with Gasteiger partial charge >= 0.3 is 0 Å². The van der Waals surface area contributed by atoms with Gasteiger partial charge in [-0.1, -0.05) is 18.2 Å². The fourth-order valence-electron chi connectivity index (χ4n) is 2.37. The van der Waals surface area contributed by atoms with Crippen LogP contribution in [0.2, 0.25) is 0 Å². The standard InChI is InChI=1S/C15H15N2/c1-2-6-15-12-17(9-7-14(15)5-1)11-13-4-3-8-16-10-13/h1,3-6,8,10H,7,9,11-12H2. The lowest BCUT2D eigenvalue weighted by Crippen LogP contribution is -2.29. The van der Waals surface area contributed by atoms with E-state index in [1.54, 1.807) is 0 Å². The van der Waals surface area contributed by atoms with E-state index in [4.69, 9.17) is 0 Å². The van der Waals surface area contributed by atoms with Gasteiger partial charge in [-0.15, -0.1) is 0 Å². The van der Waals surface area contributed by atoms with Crippen LogP contribution in [0.3, 0.4) is 0 Å². The Morgan fingerprint density at radius 3 is 3.18 bits per heavy atom. The first-order chi connectivity index (χ1) is 8.42. The first-order valence-corrected chi connectivity index (χ1v) is 6.01. The summed E-state index contributed by atoms with van der Waals surface area (Å²) in [5.41, 5.74) is 4.18. The van der Waals surface area contributed by atoms with E-state index in [-0.39, 0.29) is 0 Å². The molecular formula is C15H15N2. The molecule has 2 nitrogen and oxygen atoms in total. The van der Waals surface area contributed by atoms with Gasteiger partial charge < -0.3 is 0 Å². The number of nitrogens with zero attached hydrogens (tertiary/aromatic N) is 2. The summed E-state index contributed by atoms with van der Waals surface area (Å²) in [6.07, 6.45) is 4.92. The van der Waals surface area contributed by atoms with Crippen LogP contribution in [0.5, 0.6) is 0 Å². The highest BCUT2D eigenvalue weighted by atomic mass is 15.1. The minimum Gasteiger partial charge on any atom is -0.294 e. The summed E-state index contributed by atoms with van der Waals surface area (Å²) in [6.45, 7) is 3.15. The molecule has 0 fully saturated rings. The molecule has 2 aromatic rings. The maximum Gasteiger partial charge on any atom is 0.0312 e. The van der Waals surface area contributed by atoms with Crippen molar-refractivity contribution in [1.82, 2.24) is 9.88 Å². The number of aromatic nitrogens is 1. The first-order valence-electron chi connectivity index (χ1n) is 6.01. The molecule has 85 valence electrons. The first kappa shape index (κ1) is 10.5. The molecule has 0 saturated carbocycles. The third-order valence-corrected chi connectivity index (χ3v) is 3.27. The molecule has 0 aliphatic carbocycles. The van der Waals surface area contributed by atoms with E-state index in [0.717, 1.165) is 26.1 Å². The molecular weight excluding hydrogens is 208 g/mol. The van der Waals surface area contributed by atoms with Crippen molar-refractivity contribution < 1.29 is 0 Å². The zero-order chi connectivity index (χ0) is 11.5. The Hall–Kier alpha value is -1.67. The van der Waals surface area contributed by atoms with Gasteiger partial charge in [-0.2, -0.15) is 0 Å². The van der Waals surface area contributed by atoms with E-state index in [0.29, 0.717) is 0 Å². The molecule has 1 aromatic heterocycles. The summed E-state index contributed by atoms with van der Waals surface area (Å²) < 4.78 is 0. The number of hydrogen-bond donors (Lipinski definition) is 0. The number of pyridine rings is 1. The summed E-state index contributed by atoms with van der Waals surface area (Å²) in [5, 5.41) is 0. The number of fused-ring (bicyclic) bond motifs is 1. The summed E-state index contributed by atoms with van der Waals surface area (Å²) in [4.78, 5) is 6.63. The second-order valence-electron chi connectivity index (χ2n) is 4.52. The van der Waals surface area contributed by atoms with Crippen LogP contribution in [-0.2, 0) is 19.5 Å². The Kier molecular flexibility index (Phi) is 2.88. The minimum atomic E-state index is 0.988. The van der Waals surface area contributed by atoms with Gasteiger partial charge in [-0.25, -0.2) is 0 Å². The quantitative estimate of drug-likeness (QED) is 0.777. The molecule has 2 heterocycles. The zero-order valence-corrected chi connectivity index (χ0v) is 9.76. The highest BCUT2D eigenvalue weighted by molar-refractivity contribution is 5.28. The maximum absolute atomic E-state index is 4.16. The molecule has 0 saturated heterocycles. The van der Waals surface area contributed by atoms with Crippen molar-refractivity contribution in [3.8, 4) is 0 Å². The molecule has 1 aliphatic heterocycles. The van der Waals surface area contributed by atoms with Crippen LogP contribution in [0.1, 0.15) is 16.7 Å². The van der Waals surface area contributed by atoms with E-state index in [1.165, 1.54) is 16.7 Å². The van der Waals surface area contributed by atoms with Crippen LogP contribution in [0.4, 0.5) is 0 Å². The Morgan fingerprint density at radius 2 is 2.29 bits per heavy atom. The number of rotatable bonds is 2. The van der Waals surface area contributed by atoms with Crippen LogP contribution in [0.15, 0.2) is 42.7 Å². The average Bonchev–Trinajstić information content (AvgIpc) is 2.40. The minimum absolute atomic E-state index is 0.988. The lowest BCUT2D eigenvalue weighted by molar-refractivity contribution is 0.245. The normalized spacial score (nSPS) is 15.5. The van der Waals surface area contributed by atoms with Gasteiger partial charge in [0.15, 0.2) is 0 Å². The lowest BCUT2D eigenvalue weighted by atomic mass is 10.00. The van der Waals surface area contributed by atoms with Gasteiger partial charge in [-0.3, -0.25) is 9.88 Å². The summed E-state index contributed by atoms with van der Waals surface area (Å²) in [5.74, 6) is 0. The summed E-state index contributed by atoms with van der Waals surface area (Å²) in [7, 11) is 0. The second kappa shape index (κ2) is 4.68. The molecule has 3 rings (SSSR count). The van der Waals surface area contributed by atoms with Crippen LogP contribution in [0.25, 0.3) is 0 Å². The van der Waals surface area contributed by atoms with Crippen molar-refractivity contribution in [3.05, 3.63) is 65.5 Å². The molecule has 0 amide bonds. The fourth-order valence-corrected chi connectivity index (χ4v) is 2.37. The maximum atomic E-state index is 4.16. The molecule has 17 heavy (non-hydrogen) atoms. The summed E-state index contributed by atoms with van der Waals surface area (Å²) >= 11 is 0. The van der Waals surface area contributed by atoms with Gasteiger partial charge in [0.1, 0.15) is 0 Å². The molecule has 1 aliphatic rings. The zero-order valence-electron chi connectivity index (χ0n) is 9.76.